The molecule has 0 spiro atoms. The van der Waals surface area contributed by atoms with Gasteiger partial charge in [0.1, 0.15) is 0 Å². The fourth-order valence-corrected chi connectivity index (χ4v) is 1.28. The first-order chi connectivity index (χ1) is 5.22. The van der Waals surface area contributed by atoms with Crippen LogP contribution in [-0.2, 0) is 0 Å². The highest BCUT2D eigenvalue weighted by atomic mass is 14.8. The highest BCUT2D eigenvalue weighted by Crippen LogP contribution is 2.20. The molecule has 0 unspecified atom stereocenters. The molecule has 1 aliphatic rings. The molecule has 0 saturated heterocycles. The van der Waals surface area contributed by atoms with Gasteiger partial charge in [0.15, 0.2) is 0 Å². The molecule has 0 saturated carbocycles. The second kappa shape index (κ2) is 3.72. The Morgan fingerprint density at radius 1 is 1.64 bits per heavy atom. The van der Waals surface area contributed by atoms with Crippen LogP contribution in [0.5, 0.6) is 0 Å². The van der Waals surface area contributed by atoms with Gasteiger partial charge in [0.25, 0.3) is 0 Å². The molecule has 1 nitrogen and oxygen atoms in total. The zero-order valence-corrected chi connectivity index (χ0v) is 7.48. The van der Waals surface area contributed by atoms with Gasteiger partial charge in [-0.05, 0) is 30.0 Å². The van der Waals surface area contributed by atoms with Crippen molar-refractivity contribution in [2.75, 3.05) is 13.1 Å². The van der Waals surface area contributed by atoms with Gasteiger partial charge >= 0.3 is 0 Å². The molecule has 1 heterocycles. The van der Waals surface area contributed by atoms with Crippen molar-refractivity contribution < 1.29 is 0 Å². The number of allylic oxidation sites excluding steroid dienone is 1. The Bertz CT molecular complexity index is 177. The number of hydrogen-bond acceptors (Lipinski definition) is 1. The molecule has 0 aliphatic carbocycles. The van der Waals surface area contributed by atoms with Gasteiger partial charge in [-0.25, -0.2) is 0 Å². The molecule has 1 rings (SSSR count). The van der Waals surface area contributed by atoms with Gasteiger partial charge in [-0.2, -0.15) is 0 Å². The van der Waals surface area contributed by atoms with E-state index in [2.05, 4.69) is 31.8 Å². The largest absolute Gasteiger partial charge is 0.313 e. The molecular formula is C10H17N. The van der Waals surface area contributed by atoms with Crippen LogP contribution >= 0.6 is 0 Å². The first kappa shape index (κ1) is 8.54. The third-order valence-corrected chi connectivity index (χ3v) is 2.17. The van der Waals surface area contributed by atoms with Gasteiger partial charge in [-0.1, -0.05) is 26.5 Å². The molecule has 1 aliphatic heterocycles. The minimum absolute atomic E-state index is 0.597. The lowest BCUT2D eigenvalue weighted by molar-refractivity contribution is 0.681. The van der Waals surface area contributed by atoms with Crippen LogP contribution in [0.15, 0.2) is 23.8 Å². The fraction of sp³-hybridized carbons (Fsp3) is 0.600. The first-order valence-electron chi connectivity index (χ1n) is 4.30. The predicted octanol–water partition coefficient (Wildman–Crippen LogP) is 2.12. The van der Waals surface area contributed by atoms with E-state index in [-0.39, 0.29) is 0 Å². The Hall–Kier alpha value is -0.560. The molecule has 1 N–H and O–H groups in total. The van der Waals surface area contributed by atoms with Gasteiger partial charge in [0.2, 0.25) is 0 Å². The van der Waals surface area contributed by atoms with E-state index in [1.165, 1.54) is 11.1 Å². The molecule has 0 bridgehead atoms. The van der Waals surface area contributed by atoms with Crippen LogP contribution in [0.2, 0.25) is 0 Å². The fourth-order valence-electron chi connectivity index (χ4n) is 1.28. The maximum atomic E-state index is 4.08. The Balaban J connectivity index is 2.58. The van der Waals surface area contributed by atoms with Gasteiger partial charge in [0.05, 0.1) is 0 Å². The van der Waals surface area contributed by atoms with Crippen molar-refractivity contribution in [2.24, 2.45) is 5.92 Å². The molecule has 0 amide bonds. The summed E-state index contributed by atoms with van der Waals surface area (Å²) in [6, 6.07) is 0. The van der Waals surface area contributed by atoms with Crippen molar-refractivity contribution in [1.82, 2.24) is 5.32 Å². The molecule has 1 heteroatoms. The van der Waals surface area contributed by atoms with Crippen LogP contribution < -0.4 is 5.32 Å². The number of nitrogens with one attached hydrogen (secondary N) is 1. The highest BCUT2D eigenvalue weighted by Gasteiger charge is 2.08. The second-order valence-corrected chi connectivity index (χ2v) is 3.36. The van der Waals surface area contributed by atoms with Crippen LogP contribution in [0.3, 0.4) is 0 Å². The molecule has 0 atom stereocenters. The van der Waals surface area contributed by atoms with E-state index >= 15 is 0 Å². The van der Waals surface area contributed by atoms with Gasteiger partial charge in [0, 0.05) is 6.54 Å². The summed E-state index contributed by atoms with van der Waals surface area (Å²) in [4.78, 5) is 0. The Morgan fingerprint density at radius 3 is 2.82 bits per heavy atom. The van der Waals surface area contributed by atoms with Crippen molar-refractivity contribution in [3.63, 3.8) is 0 Å². The number of hydrogen-bond donors (Lipinski definition) is 1. The average molecular weight is 151 g/mol. The van der Waals surface area contributed by atoms with Crippen molar-refractivity contribution in [1.29, 1.82) is 0 Å². The summed E-state index contributed by atoms with van der Waals surface area (Å²) in [7, 11) is 0. The third kappa shape index (κ3) is 2.19. The minimum Gasteiger partial charge on any atom is -0.313 e. The van der Waals surface area contributed by atoms with E-state index in [0.29, 0.717) is 5.92 Å². The highest BCUT2D eigenvalue weighted by molar-refractivity contribution is 5.31. The van der Waals surface area contributed by atoms with Crippen LogP contribution in [0.1, 0.15) is 20.3 Å². The molecular weight excluding hydrogens is 134 g/mol. The van der Waals surface area contributed by atoms with E-state index < -0.39 is 0 Å². The molecule has 0 aromatic carbocycles. The van der Waals surface area contributed by atoms with Crippen molar-refractivity contribution >= 4 is 0 Å². The lowest BCUT2D eigenvalue weighted by Crippen LogP contribution is -2.21. The van der Waals surface area contributed by atoms with Crippen LogP contribution in [0.4, 0.5) is 0 Å². The Kier molecular flexibility index (Phi) is 2.89. The topological polar surface area (TPSA) is 12.0 Å². The maximum absolute atomic E-state index is 4.08. The van der Waals surface area contributed by atoms with E-state index in [9.17, 15) is 0 Å². The standard InChI is InChI=1S/C10H17N/c1-8(2)9(3)10-4-6-11-7-5-10/h4,8,11H,3,5-7H2,1-2H3. The van der Waals surface area contributed by atoms with E-state index in [1.807, 2.05) is 0 Å². The van der Waals surface area contributed by atoms with Crippen molar-refractivity contribution in [3.05, 3.63) is 23.8 Å². The van der Waals surface area contributed by atoms with Crippen LogP contribution in [0, 0.1) is 5.92 Å². The Labute approximate surface area is 69.2 Å². The monoisotopic (exact) mass is 151 g/mol. The van der Waals surface area contributed by atoms with Gasteiger partial charge in [-0.3, -0.25) is 0 Å². The van der Waals surface area contributed by atoms with Crippen LogP contribution in [-0.4, -0.2) is 13.1 Å². The lowest BCUT2D eigenvalue weighted by atomic mass is 9.93. The van der Waals surface area contributed by atoms with Crippen LogP contribution in [0.25, 0.3) is 0 Å². The zero-order chi connectivity index (χ0) is 8.27. The maximum Gasteiger partial charge on any atom is 0.0140 e. The van der Waals surface area contributed by atoms with Crippen molar-refractivity contribution in [3.8, 4) is 0 Å². The SMILES string of the molecule is C=C(C1=CCNCC1)C(C)C. The summed E-state index contributed by atoms with van der Waals surface area (Å²) in [5.74, 6) is 0.597. The first-order valence-corrected chi connectivity index (χ1v) is 4.30. The Morgan fingerprint density at radius 2 is 2.36 bits per heavy atom. The van der Waals surface area contributed by atoms with Crippen molar-refractivity contribution in [2.45, 2.75) is 20.3 Å². The van der Waals surface area contributed by atoms with Gasteiger partial charge < -0.3 is 5.32 Å². The molecule has 62 valence electrons. The zero-order valence-electron chi connectivity index (χ0n) is 7.48. The van der Waals surface area contributed by atoms with Gasteiger partial charge in [-0.15, -0.1) is 0 Å². The molecule has 0 aromatic rings. The third-order valence-electron chi connectivity index (χ3n) is 2.17. The summed E-state index contributed by atoms with van der Waals surface area (Å²) in [6.07, 6.45) is 3.41. The average Bonchev–Trinajstić information content (AvgIpc) is 2.05. The second-order valence-electron chi connectivity index (χ2n) is 3.36. The summed E-state index contributed by atoms with van der Waals surface area (Å²) in [6.45, 7) is 10.6. The smallest absolute Gasteiger partial charge is 0.0140 e. The summed E-state index contributed by atoms with van der Waals surface area (Å²) >= 11 is 0. The molecule has 0 aromatic heterocycles. The summed E-state index contributed by atoms with van der Waals surface area (Å²) < 4.78 is 0. The predicted molar refractivity (Wildman–Crippen MR) is 49.5 cm³/mol. The number of rotatable bonds is 2. The molecule has 0 fully saturated rings. The summed E-state index contributed by atoms with van der Waals surface area (Å²) in [5, 5.41) is 3.29. The minimum atomic E-state index is 0.597. The summed E-state index contributed by atoms with van der Waals surface area (Å²) in [5.41, 5.74) is 2.77. The van der Waals surface area contributed by atoms with E-state index in [0.717, 1.165) is 19.5 Å². The van der Waals surface area contributed by atoms with E-state index in [4.69, 9.17) is 0 Å². The van der Waals surface area contributed by atoms with E-state index in [1.54, 1.807) is 0 Å². The normalized spacial score (nSPS) is 18.3. The molecule has 11 heavy (non-hydrogen) atoms. The molecule has 0 radical (unpaired) electrons. The quantitative estimate of drug-likeness (QED) is 0.637. The lowest BCUT2D eigenvalue weighted by Gasteiger charge is -2.18.